The second-order valence-corrected chi connectivity index (χ2v) is 7.48. The first-order chi connectivity index (χ1) is 10.8. The number of nitrogens with one attached hydrogen (secondary N) is 1. The van der Waals surface area contributed by atoms with E-state index in [9.17, 15) is 18.7 Å². The molecule has 0 heterocycles. The average Bonchev–Trinajstić information content (AvgIpc) is 2.48. The molecular formula is C17H21FNO3P. The molecular weight excluding hydrogens is 316 g/mol. The van der Waals surface area contributed by atoms with Gasteiger partial charge in [0.15, 0.2) is 0 Å². The van der Waals surface area contributed by atoms with Crippen molar-refractivity contribution in [1.82, 2.24) is 5.32 Å². The van der Waals surface area contributed by atoms with Gasteiger partial charge in [0, 0.05) is 12.1 Å². The van der Waals surface area contributed by atoms with Crippen LogP contribution in [0.1, 0.15) is 42.2 Å². The molecule has 3 N–H and O–H groups in total. The molecule has 23 heavy (non-hydrogen) atoms. The molecule has 0 saturated heterocycles. The molecule has 2 aromatic rings. The van der Waals surface area contributed by atoms with Crippen LogP contribution in [0.5, 0.6) is 0 Å². The van der Waals surface area contributed by atoms with Crippen molar-refractivity contribution in [2.45, 2.75) is 32.1 Å². The first-order valence-corrected chi connectivity index (χ1v) is 9.09. The van der Waals surface area contributed by atoms with E-state index in [1.807, 2.05) is 26.0 Å². The van der Waals surface area contributed by atoms with Crippen molar-refractivity contribution < 1.29 is 18.7 Å². The Morgan fingerprint density at radius 1 is 1.04 bits per heavy atom. The lowest BCUT2D eigenvalue weighted by Gasteiger charge is -2.21. The summed E-state index contributed by atoms with van der Waals surface area (Å²) in [5.74, 6) is -1.23. The molecule has 2 rings (SSSR count). The van der Waals surface area contributed by atoms with Gasteiger partial charge in [0.25, 0.3) is 0 Å². The highest BCUT2D eigenvalue weighted by atomic mass is 31.2. The summed E-state index contributed by atoms with van der Waals surface area (Å²) >= 11 is 0. The summed E-state index contributed by atoms with van der Waals surface area (Å²) in [6.45, 7) is 4.13. The molecule has 0 spiro atoms. The Hall–Kier alpha value is -1.52. The summed E-state index contributed by atoms with van der Waals surface area (Å²) in [5.41, 5.74) is 1.94. The first kappa shape index (κ1) is 17.8. The number of hydrogen-bond acceptors (Lipinski definition) is 2. The van der Waals surface area contributed by atoms with Gasteiger partial charge in [0.2, 0.25) is 0 Å². The van der Waals surface area contributed by atoms with Crippen LogP contribution in [-0.2, 0) is 11.1 Å². The SMILES string of the molecule is CC(C)c1ccc([C@@H](NCc2ccccc2F)P(=O)(O)O)cc1. The van der Waals surface area contributed by atoms with Gasteiger partial charge in [-0.2, -0.15) is 0 Å². The molecule has 0 aliphatic carbocycles. The second-order valence-electron chi connectivity index (χ2n) is 5.79. The molecule has 124 valence electrons. The largest absolute Gasteiger partial charge is 0.346 e. The van der Waals surface area contributed by atoms with Crippen LogP contribution < -0.4 is 5.32 Å². The third-order valence-corrected chi connectivity index (χ3v) is 4.85. The van der Waals surface area contributed by atoms with E-state index >= 15 is 0 Å². The number of halogens is 1. The van der Waals surface area contributed by atoms with Gasteiger partial charge in [-0.15, -0.1) is 0 Å². The van der Waals surface area contributed by atoms with E-state index in [0.29, 0.717) is 17.0 Å². The van der Waals surface area contributed by atoms with Gasteiger partial charge >= 0.3 is 7.60 Å². The highest BCUT2D eigenvalue weighted by molar-refractivity contribution is 7.52. The van der Waals surface area contributed by atoms with Gasteiger partial charge in [0.05, 0.1) is 0 Å². The van der Waals surface area contributed by atoms with Gasteiger partial charge in [-0.05, 0) is 23.1 Å². The third-order valence-electron chi connectivity index (χ3n) is 3.70. The minimum absolute atomic E-state index is 0.0361. The maximum atomic E-state index is 13.6. The fourth-order valence-corrected chi connectivity index (χ4v) is 3.23. The zero-order valence-electron chi connectivity index (χ0n) is 13.1. The zero-order chi connectivity index (χ0) is 17.0. The Labute approximate surface area is 135 Å². The lowest BCUT2D eigenvalue weighted by Crippen LogP contribution is -2.21. The minimum Gasteiger partial charge on any atom is -0.323 e. The molecule has 4 nitrogen and oxygen atoms in total. The van der Waals surface area contributed by atoms with Gasteiger partial charge in [0.1, 0.15) is 11.6 Å². The molecule has 6 heteroatoms. The lowest BCUT2D eigenvalue weighted by molar-refractivity contribution is 0.347. The topological polar surface area (TPSA) is 69.6 Å². The lowest BCUT2D eigenvalue weighted by atomic mass is 10.0. The van der Waals surface area contributed by atoms with Crippen molar-refractivity contribution >= 4 is 7.60 Å². The number of hydrogen-bond donors (Lipinski definition) is 3. The molecule has 0 saturated carbocycles. The smallest absolute Gasteiger partial charge is 0.323 e. The monoisotopic (exact) mass is 337 g/mol. The molecule has 0 fully saturated rings. The average molecular weight is 337 g/mol. The molecule has 0 radical (unpaired) electrons. The quantitative estimate of drug-likeness (QED) is 0.699. The van der Waals surface area contributed by atoms with Crippen LogP contribution in [0.15, 0.2) is 48.5 Å². The maximum Gasteiger partial charge on any atom is 0.346 e. The first-order valence-electron chi connectivity index (χ1n) is 7.41. The molecule has 0 aliphatic heterocycles. The molecule has 0 aromatic heterocycles. The zero-order valence-corrected chi connectivity index (χ0v) is 14.0. The maximum absolute atomic E-state index is 13.6. The van der Waals surface area contributed by atoms with Crippen molar-refractivity contribution in [2.75, 3.05) is 0 Å². The summed E-state index contributed by atoms with van der Waals surface area (Å²) in [6.07, 6.45) is 0. The highest BCUT2D eigenvalue weighted by Gasteiger charge is 2.30. The van der Waals surface area contributed by atoms with Crippen molar-refractivity contribution in [2.24, 2.45) is 0 Å². The molecule has 1 atom stereocenters. The Bertz CT molecular complexity index is 697. The summed E-state index contributed by atoms with van der Waals surface area (Å²) < 4.78 is 25.4. The molecule has 0 bridgehead atoms. The molecule has 0 unspecified atom stereocenters. The second kappa shape index (κ2) is 7.37. The van der Waals surface area contributed by atoms with E-state index in [4.69, 9.17) is 0 Å². The Morgan fingerprint density at radius 2 is 1.61 bits per heavy atom. The van der Waals surface area contributed by atoms with Gasteiger partial charge in [-0.3, -0.25) is 9.88 Å². The number of benzene rings is 2. The Kier molecular flexibility index (Phi) is 5.71. The summed E-state index contributed by atoms with van der Waals surface area (Å²) in [5, 5.41) is 2.78. The van der Waals surface area contributed by atoms with Crippen molar-refractivity contribution in [3.63, 3.8) is 0 Å². The molecule has 0 amide bonds. The summed E-state index contributed by atoms with van der Waals surface area (Å²) in [4.78, 5) is 19.2. The van der Waals surface area contributed by atoms with Crippen LogP contribution in [0.2, 0.25) is 0 Å². The Balaban J connectivity index is 2.21. The Morgan fingerprint density at radius 3 is 2.13 bits per heavy atom. The van der Waals surface area contributed by atoms with E-state index in [2.05, 4.69) is 5.32 Å². The van der Waals surface area contributed by atoms with E-state index in [1.165, 1.54) is 6.07 Å². The summed E-state index contributed by atoms with van der Waals surface area (Å²) in [7, 11) is -4.42. The fourth-order valence-electron chi connectivity index (χ4n) is 2.34. The summed E-state index contributed by atoms with van der Waals surface area (Å²) in [6, 6.07) is 13.3. The van der Waals surface area contributed by atoms with Gasteiger partial charge in [-0.1, -0.05) is 56.3 Å². The van der Waals surface area contributed by atoms with E-state index in [0.717, 1.165) is 5.56 Å². The van der Waals surface area contributed by atoms with Gasteiger partial charge < -0.3 is 9.79 Å². The fraction of sp³-hybridized carbons (Fsp3) is 0.294. The number of rotatable bonds is 6. The normalized spacial score (nSPS) is 13.3. The minimum atomic E-state index is -4.42. The van der Waals surface area contributed by atoms with Crippen LogP contribution in [0.25, 0.3) is 0 Å². The highest BCUT2D eigenvalue weighted by Crippen LogP contribution is 2.50. The van der Waals surface area contributed by atoms with E-state index in [-0.39, 0.29) is 6.54 Å². The van der Waals surface area contributed by atoms with Gasteiger partial charge in [-0.25, -0.2) is 4.39 Å². The molecule has 0 aliphatic rings. The third kappa shape index (κ3) is 4.72. The van der Waals surface area contributed by atoms with Crippen LogP contribution in [-0.4, -0.2) is 9.79 Å². The van der Waals surface area contributed by atoms with Crippen molar-refractivity contribution in [3.05, 3.63) is 71.0 Å². The van der Waals surface area contributed by atoms with Crippen LogP contribution in [0, 0.1) is 5.82 Å². The van der Waals surface area contributed by atoms with Crippen LogP contribution in [0.3, 0.4) is 0 Å². The molecule has 2 aromatic carbocycles. The van der Waals surface area contributed by atoms with E-state index < -0.39 is 19.2 Å². The predicted molar refractivity (Wildman–Crippen MR) is 88.6 cm³/mol. The van der Waals surface area contributed by atoms with Crippen molar-refractivity contribution in [1.29, 1.82) is 0 Å². The standard InChI is InChI=1S/C17H21FNO3P/c1-12(2)13-7-9-14(10-8-13)17(23(20,21)22)19-11-15-5-3-4-6-16(15)18/h3-10,12,17,19H,11H2,1-2H3,(H2,20,21,22)/t17-/m0/s1. The van der Waals surface area contributed by atoms with Crippen LogP contribution in [0.4, 0.5) is 4.39 Å². The van der Waals surface area contributed by atoms with Crippen molar-refractivity contribution in [3.8, 4) is 0 Å². The predicted octanol–water partition coefficient (Wildman–Crippen LogP) is 3.92. The van der Waals surface area contributed by atoms with E-state index in [1.54, 1.807) is 30.3 Å². The van der Waals surface area contributed by atoms with Crippen LogP contribution >= 0.6 is 7.60 Å².